The van der Waals surface area contributed by atoms with E-state index in [0.717, 1.165) is 19.0 Å². The molecule has 0 aliphatic carbocycles. The third-order valence-corrected chi connectivity index (χ3v) is 2.96. The molecular formula is C10H19N3O2. The maximum atomic E-state index is 9.49. The fraction of sp³-hybridized carbons (Fsp3) is 0.900. The van der Waals surface area contributed by atoms with Crippen LogP contribution in [0.2, 0.25) is 0 Å². The quantitative estimate of drug-likeness (QED) is 0.656. The molecule has 0 aromatic rings. The summed E-state index contributed by atoms with van der Waals surface area (Å²) in [7, 11) is 1.59. The second kappa shape index (κ2) is 4.81. The van der Waals surface area contributed by atoms with Gasteiger partial charge in [0.25, 0.3) is 0 Å². The van der Waals surface area contributed by atoms with Gasteiger partial charge in [0.05, 0.1) is 25.3 Å². The van der Waals surface area contributed by atoms with Crippen LogP contribution in [-0.4, -0.2) is 61.5 Å². The van der Waals surface area contributed by atoms with Crippen LogP contribution < -0.4 is 5.32 Å². The monoisotopic (exact) mass is 213 g/mol. The van der Waals surface area contributed by atoms with Crippen LogP contribution in [0.15, 0.2) is 4.99 Å². The van der Waals surface area contributed by atoms with E-state index < -0.39 is 6.10 Å². The number of aliphatic hydroxyl groups is 1. The summed E-state index contributed by atoms with van der Waals surface area (Å²) in [4.78, 5) is 6.74. The van der Waals surface area contributed by atoms with Crippen LogP contribution in [0, 0.1) is 0 Å². The van der Waals surface area contributed by atoms with Crippen molar-refractivity contribution in [3.63, 3.8) is 0 Å². The van der Waals surface area contributed by atoms with Crippen LogP contribution in [0.5, 0.6) is 0 Å². The summed E-state index contributed by atoms with van der Waals surface area (Å²) in [5, 5.41) is 12.7. The Kier molecular flexibility index (Phi) is 3.43. The van der Waals surface area contributed by atoms with Gasteiger partial charge in [-0.15, -0.1) is 0 Å². The number of guanidine groups is 1. The first kappa shape index (κ1) is 10.7. The van der Waals surface area contributed by atoms with Crippen molar-refractivity contribution in [3.8, 4) is 0 Å². The topological polar surface area (TPSA) is 57.1 Å². The number of nitrogens with zero attached hydrogens (tertiary/aromatic N) is 2. The van der Waals surface area contributed by atoms with Crippen molar-refractivity contribution in [1.29, 1.82) is 0 Å². The molecule has 0 saturated carbocycles. The molecule has 0 radical (unpaired) electrons. The molecule has 2 aliphatic heterocycles. The number of rotatable bonds is 4. The molecule has 0 aromatic carbocycles. The van der Waals surface area contributed by atoms with Crippen LogP contribution in [0.25, 0.3) is 0 Å². The largest absolute Gasteiger partial charge is 0.389 e. The number of fused-ring (bicyclic) bond motifs is 1. The van der Waals surface area contributed by atoms with Gasteiger partial charge in [0.1, 0.15) is 0 Å². The fourth-order valence-corrected chi connectivity index (χ4v) is 2.20. The zero-order valence-electron chi connectivity index (χ0n) is 9.15. The Hall–Kier alpha value is -0.810. The standard InChI is InChI=1S/C10H19N3O2/c1-15-7-9(14)6-12-10-11-5-8-3-2-4-13(8)10/h8-9,14H,2-7H2,1H3,(H,11,12)/t8-,9-/m1/s1. The number of hydrogen-bond donors (Lipinski definition) is 2. The van der Waals surface area contributed by atoms with E-state index in [4.69, 9.17) is 4.74 Å². The molecular weight excluding hydrogens is 194 g/mol. The molecule has 86 valence electrons. The van der Waals surface area contributed by atoms with Crippen molar-refractivity contribution in [2.24, 2.45) is 4.99 Å². The minimum absolute atomic E-state index is 0.365. The summed E-state index contributed by atoms with van der Waals surface area (Å²) in [6, 6.07) is 0.604. The van der Waals surface area contributed by atoms with Gasteiger partial charge < -0.3 is 20.1 Å². The van der Waals surface area contributed by atoms with Crippen LogP contribution in [0.3, 0.4) is 0 Å². The molecule has 1 fully saturated rings. The van der Waals surface area contributed by atoms with Crippen LogP contribution in [0.4, 0.5) is 0 Å². The van der Waals surface area contributed by atoms with Crippen molar-refractivity contribution in [2.45, 2.75) is 25.0 Å². The van der Waals surface area contributed by atoms with Gasteiger partial charge in [-0.3, -0.25) is 4.99 Å². The molecule has 0 aromatic heterocycles. The number of aliphatic hydroxyl groups excluding tert-OH is 1. The minimum Gasteiger partial charge on any atom is -0.389 e. The lowest BCUT2D eigenvalue weighted by Gasteiger charge is -2.21. The molecule has 1 saturated heterocycles. The van der Waals surface area contributed by atoms with E-state index in [1.54, 1.807) is 7.11 Å². The zero-order valence-corrected chi connectivity index (χ0v) is 9.15. The van der Waals surface area contributed by atoms with Gasteiger partial charge in [-0.2, -0.15) is 0 Å². The smallest absolute Gasteiger partial charge is 0.194 e. The van der Waals surface area contributed by atoms with Crippen molar-refractivity contribution in [1.82, 2.24) is 10.2 Å². The highest BCUT2D eigenvalue weighted by Gasteiger charge is 2.31. The summed E-state index contributed by atoms with van der Waals surface area (Å²) < 4.78 is 4.86. The number of nitrogens with one attached hydrogen (secondary N) is 1. The van der Waals surface area contributed by atoms with Gasteiger partial charge in [0.15, 0.2) is 5.96 Å². The Labute approximate surface area is 90.1 Å². The predicted octanol–water partition coefficient (Wildman–Crippen LogP) is -0.583. The first-order chi connectivity index (χ1) is 7.31. The highest BCUT2D eigenvalue weighted by Crippen LogP contribution is 2.21. The molecule has 15 heavy (non-hydrogen) atoms. The van der Waals surface area contributed by atoms with E-state index in [0.29, 0.717) is 19.2 Å². The van der Waals surface area contributed by atoms with Crippen molar-refractivity contribution < 1.29 is 9.84 Å². The Morgan fingerprint density at radius 3 is 3.40 bits per heavy atom. The van der Waals surface area contributed by atoms with E-state index in [2.05, 4.69) is 15.2 Å². The van der Waals surface area contributed by atoms with Crippen molar-refractivity contribution in [2.75, 3.05) is 33.4 Å². The minimum atomic E-state index is -0.459. The first-order valence-corrected chi connectivity index (χ1v) is 5.53. The normalized spacial score (nSPS) is 26.4. The average Bonchev–Trinajstić information content (AvgIpc) is 2.77. The van der Waals surface area contributed by atoms with E-state index >= 15 is 0 Å². The molecule has 2 heterocycles. The van der Waals surface area contributed by atoms with Gasteiger partial charge in [0.2, 0.25) is 0 Å². The van der Waals surface area contributed by atoms with E-state index in [1.807, 2.05) is 0 Å². The maximum Gasteiger partial charge on any atom is 0.194 e. The summed E-state index contributed by atoms with van der Waals surface area (Å²) in [6.07, 6.45) is 2.04. The lowest BCUT2D eigenvalue weighted by Crippen LogP contribution is -2.43. The highest BCUT2D eigenvalue weighted by molar-refractivity contribution is 5.82. The van der Waals surface area contributed by atoms with Gasteiger partial charge in [-0.25, -0.2) is 0 Å². The second-order valence-electron chi connectivity index (χ2n) is 4.14. The molecule has 2 N–H and O–H groups in total. The molecule has 0 unspecified atom stereocenters. The van der Waals surface area contributed by atoms with E-state index in [9.17, 15) is 5.11 Å². The van der Waals surface area contributed by atoms with E-state index in [-0.39, 0.29) is 0 Å². The van der Waals surface area contributed by atoms with Gasteiger partial charge >= 0.3 is 0 Å². The highest BCUT2D eigenvalue weighted by atomic mass is 16.5. The van der Waals surface area contributed by atoms with Gasteiger partial charge in [-0.05, 0) is 12.8 Å². The number of aliphatic imine (C=N–C) groups is 1. The molecule has 0 amide bonds. The van der Waals surface area contributed by atoms with Crippen LogP contribution in [-0.2, 0) is 4.74 Å². The molecule has 5 heteroatoms. The fourth-order valence-electron chi connectivity index (χ4n) is 2.20. The second-order valence-corrected chi connectivity index (χ2v) is 4.14. The SMILES string of the molecule is COC[C@H](O)CNC1=NC[C@H]2CCCN12. The maximum absolute atomic E-state index is 9.49. The molecule has 0 bridgehead atoms. The Balaban J connectivity index is 1.75. The predicted molar refractivity (Wildman–Crippen MR) is 57.9 cm³/mol. The third kappa shape index (κ3) is 2.41. The molecule has 2 atom stereocenters. The number of methoxy groups -OCH3 is 1. The molecule has 0 spiro atoms. The van der Waals surface area contributed by atoms with E-state index in [1.165, 1.54) is 12.8 Å². The number of ether oxygens (including phenoxy) is 1. The third-order valence-electron chi connectivity index (χ3n) is 2.96. The first-order valence-electron chi connectivity index (χ1n) is 5.53. The van der Waals surface area contributed by atoms with Crippen LogP contribution in [0.1, 0.15) is 12.8 Å². The average molecular weight is 213 g/mol. The lowest BCUT2D eigenvalue weighted by atomic mass is 10.2. The van der Waals surface area contributed by atoms with Crippen molar-refractivity contribution in [3.05, 3.63) is 0 Å². The van der Waals surface area contributed by atoms with Gasteiger partial charge in [0, 0.05) is 20.2 Å². The van der Waals surface area contributed by atoms with Crippen molar-refractivity contribution >= 4 is 5.96 Å². The zero-order chi connectivity index (χ0) is 10.7. The Morgan fingerprint density at radius 1 is 1.73 bits per heavy atom. The van der Waals surface area contributed by atoms with Gasteiger partial charge in [-0.1, -0.05) is 0 Å². The molecule has 2 aliphatic rings. The molecule has 2 rings (SSSR count). The summed E-state index contributed by atoms with van der Waals surface area (Å²) in [5.41, 5.74) is 0. The molecule has 5 nitrogen and oxygen atoms in total. The van der Waals surface area contributed by atoms with Crippen LogP contribution >= 0.6 is 0 Å². The summed E-state index contributed by atoms with van der Waals surface area (Å²) >= 11 is 0. The number of hydrogen-bond acceptors (Lipinski definition) is 5. The summed E-state index contributed by atoms with van der Waals surface area (Å²) in [6.45, 7) is 2.87. The Bertz CT molecular complexity index is 245. The lowest BCUT2D eigenvalue weighted by molar-refractivity contribution is 0.0670. The summed E-state index contributed by atoms with van der Waals surface area (Å²) in [5.74, 6) is 0.952. The Morgan fingerprint density at radius 2 is 2.60 bits per heavy atom.